The van der Waals surface area contributed by atoms with Crippen molar-refractivity contribution in [2.24, 2.45) is 0 Å². The van der Waals surface area contributed by atoms with Gasteiger partial charge in [0.25, 0.3) is 5.56 Å². The Morgan fingerprint density at radius 2 is 2.00 bits per heavy atom. The van der Waals surface area contributed by atoms with E-state index in [2.05, 4.69) is 20.4 Å². The number of aromatic nitrogens is 3. The first-order valence-electron chi connectivity index (χ1n) is 8.47. The summed E-state index contributed by atoms with van der Waals surface area (Å²) in [5.41, 5.74) is 2.57. The van der Waals surface area contributed by atoms with Crippen molar-refractivity contribution in [1.82, 2.24) is 20.4 Å². The number of amides is 1. The highest BCUT2D eigenvalue weighted by Gasteiger charge is 2.12. The molecular weight excluding hydrogens is 351 g/mol. The Kier molecular flexibility index (Phi) is 5.44. The zero-order valence-electron chi connectivity index (χ0n) is 15.0. The van der Waals surface area contributed by atoms with Gasteiger partial charge in [-0.1, -0.05) is 5.16 Å². The van der Waals surface area contributed by atoms with Crippen LogP contribution in [0.3, 0.4) is 0 Å². The average molecular weight is 370 g/mol. The molecule has 7 nitrogen and oxygen atoms in total. The van der Waals surface area contributed by atoms with E-state index < -0.39 is 0 Å². The molecule has 0 saturated heterocycles. The molecule has 0 unspecified atom stereocenters. The van der Waals surface area contributed by atoms with Crippen LogP contribution in [-0.4, -0.2) is 21.0 Å². The quantitative estimate of drug-likeness (QED) is 0.694. The highest BCUT2D eigenvalue weighted by Crippen LogP contribution is 2.16. The van der Waals surface area contributed by atoms with Crippen LogP contribution in [0.1, 0.15) is 29.1 Å². The second-order valence-electron chi connectivity index (χ2n) is 6.24. The highest BCUT2D eigenvalue weighted by atomic mass is 19.1. The average Bonchev–Trinajstić information content (AvgIpc) is 3.08. The van der Waals surface area contributed by atoms with Crippen molar-refractivity contribution in [3.63, 3.8) is 0 Å². The van der Waals surface area contributed by atoms with Crippen molar-refractivity contribution in [2.75, 3.05) is 0 Å². The van der Waals surface area contributed by atoms with Gasteiger partial charge in [0.15, 0.2) is 0 Å². The first-order valence-corrected chi connectivity index (χ1v) is 8.47. The van der Waals surface area contributed by atoms with Crippen molar-refractivity contribution in [3.8, 4) is 11.4 Å². The molecule has 0 saturated carbocycles. The summed E-state index contributed by atoms with van der Waals surface area (Å²) < 4.78 is 18.1. The van der Waals surface area contributed by atoms with E-state index in [9.17, 15) is 14.0 Å². The summed E-state index contributed by atoms with van der Waals surface area (Å²) in [6, 6.07) is 7.59. The summed E-state index contributed by atoms with van der Waals surface area (Å²) in [6.45, 7) is 3.80. The second-order valence-corrected chi connectivity index (χ2v) is 6.24. The van der Waals surface area contributed by atoms with Crippen LogP contribution < -0.4 is 10.9 Å². The van der Waals surface area contributed by atoms with E-state index >= 15 is 0 Å². The van der Waals surface area contributed by atoms with Gasteiger partial charge < -0.3 is 14.8 Å². The molecule has 1 aromatic carbocycles. The number of nitrogens with zero attached hydrogens (tertiary/aromatic N) is 2. The van der Waals surface area contributed by atoms with E-state index in [4.69, 9.17) is 4.52 Å². The summed E-state index contributed by atoms with van der Waals surface area (Å²) in [5.74, 6) is 0.0822. The Balaban J connectivity index is 1.54. The maximum absolute atomic E-state index is 13.0. The molecule has 0 aliphatic heterocycles. The van der Waals surface area contributed by atoms with Crippen LogP contribution in [0.4, 0.5) is 4.39 Å². The minimum Gasteiger partial charge on any atom is -0.352 e. The monoisotopic (exact) mass is 370 g/mol. The molecule has 0 spiro atoms. The number of H-pyrrole nitrogens is 1. The zero-order chi connectivity index (χ0) is 19.4. The fraction of sp³-hybridized carbons (Fsp3) is 0.263. The Labute approximate surface area is 154 Å². The summed E-state index contributed by atoms with van der Waals surface area (Å²) in [7, 11) is 0. The molecule has 3 rings (SSSR count). The summed E-state index contributed by atoms with van der Waals surface area (Å²) in [5, 5.41) is 6.56. The molecule has 0 fully saturated rings. The van der Waals surface area contributed by atoms with Gasteiger partial charge in [0, 0.05) is 36.2 Å². The van der Waals surface area contributed by atoms with E-state index in [0.717, 1.165) is 11.3 Å². The van der Waals surface area contributed by atoms with Gasteiger partial charge in [-0.2, -0.15) is 4.98 Å². The maximum atomic E-state index is 13.0. The van der Waals surface area contributed by atoms with E-state index in [-0.39, 0.29) is 36.7 Å². The minimum absolute atomic E-state index is 0.147. The highest BCUT2D eigenvalue weighted by molar-refractivity contribution is 5.76. The Hall–Kier alpha value is -3.29. The molecule has 0 bridgehead atoms. The largest absolute Gasteiger partial charge is 0.352 e. The second kappa shape index (κ2) is 7.94. The van der Waals surface area contributed by atoms with Crippen LogP contribution >= 0.6 is 0 Å². The molecule has 0 atom stereocenters. The molecule has 2 N–H and O–H groups in total. The third-order valence-corrected chi connectivity index (χ3v) is 4.09. The number of carbonyl (C=O) groups excluding carboxylic acids is 1. The van der Waals surface area contributed by atoms with Crippen molar-refractivity contribution in [3.05, 3.63) is 69.2 Å². The maximum Gasteiger partial charge on any atom is 0.253 e. The minimum atomic E-state index is -0.346. The lowest BCUT2D eigenvalue weighted by atomic mass is 10.1. The number of aromatic amines is 1. The number of hydrogen-bond donors (Lipinski definition) is 2. The van der Waals surface area contributed by atoms with E-state index in [0.29, 0.717) is 22.8 Å². The Morgan fingerprint density at radius 1 is 1.26 bits per heavy atom. The smallest absolute Gasteiger partial charge is 0.253 e. The van der Waals surface area contributed by atoms with Crippen LogP contribution in [0, 0.1) is 19.7 Å². The van der Waals surface area contributed by atoms with Crippen molar-refractivity contribution < 1.29 is 13.7 Å². The normalized spacial score (nSPS) is 10.8. The molecule has 2 heterocycles. The van der Waals surface area contributed by atoms with Gasteiger partial charge in [0.2, 0.25) is 17.6 Å². The topological polar surface area (TPSA) is 101 Å². The third kappa shape index (κ3) is 4.66. The van der Waals surface area contributed by atoms with Gasteiger partial charge in [-0.05, 0) is 49.7 Å². The van der Waals surface area contributed by atoms with E-state index in [1.165, 1.54) is 12.1 Å². The van der Waals surface area contributed by atoms with Crippen LogP contribution in [0.25, 0.3) is 11.4 Å². The summed E-state index contributed by atoms with van der Waals surface area (Å²) in [6.07, 6.45) is 0.414. The lowest BCUT2D eigenvalue weighted by Crippen LogP contribution is -2.28. The number of halogens is 1. The Morgan fingerprint density at radius 3 is 2.70 bits per heavy atom. The number of rotatable bonds is 6. The number of carbonyl (C=O) groups is 1. The lowest BCUT2D eigenvalue weighted by Gasteiger charge is -2.07. The molecule has 3 aromatic rings. The number of hydrogen-bond acceptors (Lipinski definition) is 5. The van der Waals surface area contributed by atoms with Crippen molar-refractivity contribution >= 4 is 5.91 Å². The van der Waals surface area contributed by atoms with Gasteiger partial charge in [0.05, 0.1) is 0 Å². The number of pyridine rings is 1. The molecule has 0 aliphatic rings. The molecule has 8 heteroatoms. The fourth-order valence-electron chi connectivity index (χ4n) is 2.67. The molecule has 2 aromatic heterocycles. The van der Waals surface area contributed by atoms with Crippen LogP contribution in [0.2, 0.25) is 0 Å². The lowest BCUT2D eigenvalue weighted by molar-refractivity contribution is -0.121. The summed E-state index contributed by atoms with van der Waals surface area (Å²) >= 11 is 0. The third-order valence-electron chi connectivity index (χ3n) is 4.09. The molecule has 0 radical (unpaired) electrons. The zero-order valence-corrected chi connectivity index (χ0v) is 15.0. The van der Waals surface area contributed by atoms with Crippen LogP contribution in [0.5, 0.6) is 0 Å². The van der Waals surface area contributed by atoms with Gasteiger partial charge in [-0.15, -0.1) is 0 Å². The van der Waals surface area contributed by atoms with Gasteiger partial charge in [-0.3, -0.25) is 9.59 Å². The number of nitrogens with one attached hydrogen (secondary N) is 2. The summed E-state index contributed by atoms with van der Waals surface area (Å²) in [4.78, 5) is 30.9. The van der Waals surface area contributed by atoms with Gasteiger partial charge in [0.1, 0.15) is 5.82 Å². The predicted molar refractivity (Wildman–Crippen MR) is 96.4 cm³/mol. The molecule has 140 valence electrons. The van der Waals surface area contributed by atoms with Crippen molar-refractivity contribution in [1.29, 1.82) is 0 Å². The Bertz CT molecular complexity index is 1010. The van der Waals surface area contributed by atoms with Crippen LogP contribution in [-0.2, 0) is 17.8 Å². The SMILES string of the molecule is Cc1cc(C)c(CNC(=O)CCc2nc(-c3ccc(F)cc3)no2)c(=O)[nH]1. The van der Waals surface area contributed by atoms with Crippen molar-refractivity contribution in [2.45, 2.75) is 33.2 Å². The fourth-order valence-corrected chi connectivity index (χ4v) is 2.67. The number of benzene rings is 1. The van der Waals surface area contributed by atoms with E-state index in [1.54, 1.807) is 19.1 Å². The first-order chi connectivity index (χ1) is 12.9. The molecule has 1 amide bonds. The molecule has 0 aliphatic carbocycles. The number of aryl methyl sites for hydroxylation is 3. The van der Waals surface area contributed by atoms with Crippen LogP contribution in [0.15, 0.2) is 39.6 Å². The molecular formula is C19H19FN4O3. The van der Waals surface area contributed by atoms with Gasteiger partial charge in [-0.25, -0.2) is 4.39 Å². The van der Waals surface area contributed by atoms with Gasteiger partial charge >= 0.3 is 0 Å². The predicted octanol–water partition coefficient (Wildman–Crippen LogP) is 2.43. The van der Waals surface area contributed by atoms with E-state index in [1.807, 2.05) is 13.0 Å². The standard InChI is InChI=1S/C19H19FN4O3/c1-11-9-12(2)22-19(26)15(11)10-21-16(25)7-8-17-23-18(24-27-17)13-3-5-14(20)6-4-13/h3-6,9H,7-8,10H2,1-2H3,(H,21,25)(H,22,26). The first kappa shape index (κ1) is 18.5. The molecule has 27 heavy (non-hydrogen) atoms.